The molecule has 4 rings (SSSR count). The maximum atomic E-state index is 12.9. The third-order valence-corrected chi connectivity index (χ3v) is 9.03. The summed E-state index contributed by atoms with van der Waals surface area (Å²) in [6.45, 7) is 3.46. The van der Waals surface area contributed by atoms with E-state index in [1.807, 2.05) is 15.3 Å². The first-order chi connectivity index (χ1) is 16.1. The van der Waals surface area contributed by atoms with Crippen LogP contribution in [0.3, 0.4) is 0 Å². The molecule has 0 N–H and O–H groups in total. The van der Waals surface area contributed by atoms with Crippen molar-refractivity contribution in [3.8, 4) is 5.75 Å². The Balaban J connectivity index is 1.19. The largest absolute Gasteiger partial charge is 0.494 e. The van der Waals surface area contributed by atoms with E-state index in [0.29, 0.717) is 32.2 Å². The number of rotatable bonds is 7. The SMILES string of the molecule is C[SH](=O)(P)N1CCc2cc(OCCCC3CCN(c4nccc(C(F)(F)F)n4)CC3)ccc2C1. The molecule has 1 unspecified atom stereocenters. The van der Waals surface area contributed by atoms with Crippen molar-refractivity contribution in [2.75, 3.05) is 37.4 Å². The molecule has 1 aromatic carbocycles. The smallest absolute Gasteiger partial charge is 0.433 e. The van der Waals surface area contributed by atoms with E-state index in [9.17, 15) is 17.4 Å². The van der Waals surface area contributed by atoms with Crippen molar-refractivity contribution in [2.45, 2.75) is 44.8 Å². The molecule has 0 radical (unpaired) electrons. The summed E-state index contributed by atoms with van der Waals surface area (Å²) in [6, 6.07) is 7.06. The topological polar surface area (TPSA) is 58.6 Å². The number of fused-ring (bicyclic) bond motifs is 1. The van der Waals surface area contributed by atoms with Gasteiger partial charge in [-0.15, -0.1) is 0 Å². The van der Waals surface area contributed by atoms with Gasteiger partial charge in [0.05, 0.1) is 6.61 Å². The monoisotopic (exact) mass is 516 g/mol. The molecule has 0 bridgehead atoms. The van der Waals surface area contributed by atoms with Gasteiger partial charge in [-0.3, -0.25) is 4.21 Å². The number of anilines is 1. The summed E-state index contributed by atoms with van der Waals surface area (Å²) in [5.41, 5.74) is 1.57. The van der Waals surface area contributed by atoms with Crippen LogP contribution in [0.25, 0.3) is 0 Å². The molecule has 2 aliphatic rings. The molecule has 1 atom stereocenters. The number of hydrogen-bond donors (Lipinski definition) is 1. The summed E-state index contributed by atoms with van der Waals surface area (Å²) >= 11 is 0. The number of alkyl halides is 3. The van der Waals surface area contributed by atoms with Gasteiger partial charge < -0.3 is 9.64 Å². The summed E-state index contributed by atoms with van der Waals surface area (Å²) in [6.07, 6.45) is 3.14. The molecule has 2 aliphatic heterocycles. The average Bonchev–Trinajstić information content (AvgIpc) is 2.81. The lowest BCUT2D eigenvalue weighted by Crippen LogP contribution is -2.36. The van der Waals surface area contributed by atoms with Crippen molar-refractivity contribution < 1.29 is 22.1 Å². The summed E-state index contributed by atoms with van der Waals surface area (Å²) in [5.74, 6) is 1.55. The predicted molar refractivity (Wildman–Crippen MR) is 132 cm³/mol. The van der Waals surface area contributed by atoms with Gasteiger partial charge in [-0.2, -0.15) is 13.2 Å². The van der Waals surface area contributed by atoms with E-state index in [4.69, 9.17) is 4.74 Å². The zero-order chi connectivity index (χ0) is 24.3. The van der Waals surface area contributed by atoms with Crippen LogP contribution in [0.15, 0.2) is 30.5 Å². The van der Waals surface area contributed by atoms with Crippen molar-refractivity contribution in [3.63, 3.8) is 0 Å². The van der Waals surface area contributed by atoms with Crippen molar-refractivity contribution in [2.24, 2.45) is 5.92 Å². The van der Waals surface area contributed by atoms with Gasteiger partial charge in [-0.05, 0) is 77.1 Å². The average molecular weight is 517 g/mol. The maximum absolute atomic E-state index is 12.9. The summed E-state index contributed by atoms with van der Waals surface area (Å²) in [4.78, 5) is 9.57. The second-order valence-corrected chi connectivity index (χ2v) is 14.5. The number of halogens is 3. The maximum Gasteiger partial charge on any atom is 0.433 e. The normalized spacial score (nSPS) is 18.6. The van der Waals surface area contributed by atoms with Crippen LogP contribution in [0.4, 0.5) is 19.1 Å². The minimum Gasteiger partial charge on any atom is -0.494 e. The highest BCUT2D eigenvalue weighted by Crippen LogP contribution is 2.31. The Morgan fingerprint density at radius 3 is 2.65 bits per heavy atom. The molecule has 0 spiro atoms. The van der Waals surface area contributed by atoms with Gasteiger partial charge in [0.2, 0.25) is 5.95 Å². The lowest BCUT2D eigenvalue weighted by molar-refractivity contribution is -0.141. The molecule has 1 saturated heterocycles. The Labute approximate surface area is 201 Å². The van der Waals surface area contributed by atoms with Crippen molar-refractivity contribution in [3.05, 3.63) is 47.3 Å². The number of thiol groups is 1. The minimum atomic E-state index is -4.46. The molecule has 1 aromatic heterocycles. The minimum absolute atomic E-state index is 0.159. The number of hydrogen-bond acceptors (Lipinski definition) is 5. The van der Waals surface area contributed by atoms with E-state index in [1.54, 1.807) is 6.26 Å². The Morgan fingerprint density at radius 2 is 1.94 bits per heavy atom. The number of benzene rings is 1. The van der Waals surface area contributed by atoms with Crippen LogP contribution in [0.1, 0.15) is 42.5 Å². The van der Waals surface area contributed by atoms with E-state index in [2.05, 4.69) is 30.5 Å². The Hall–Kier alpha value is -1.77. The van der Waals surface area contributed by atoms with Gasteiger partial charge >= 0.3 is 6.18 Å². The highest BCUT2D eigenvalue weighted by Gasteiger charge is 2.33. The van der Waals surface area contributed by atoms with E-state index in [-0.39, 0.29) is 5.95 Å². The van der Waals surface area contributed by atoms with E-state index in [0.717, 1.165) is 50.5 Å². The lowest BCUT2D eigenvalue weighted by atomic mass is 9.92. The lowest BCUT2D eigenvalue weighted by Gasteiger charge is -2.34. The van der Waals surface area contributed by atoms with Gasteiger partial charge in [0.25, 0.3) is 0 Å². The van der Waals surface area contributed by atoms with Crippen molar-refractivity contribution in [1.82, 2.24) is 14.3 Å². The second-order valence-electron chi connectivity index (χ2n) is 9.17. The first kappa shape index (κ1) is 25.3. The van der Waals surface area contributed by atoms with Crippen molar-refractivity contribution >= 4 is 24.1 Å². The first-order valence-electron chi connectivity index (χ1n) is 11.6. The van der Waals surface area contributed by atoms with Gasteiger partial charge in [-0.25, -0.2) is 14.3 Å². The van der Waals surface area contributed by atoms with Gasteiger partial charge in [0, 0.05) is 38.6 Å². The molecule has 2 aromatic rings. The molecular formula is C23H32F3N4O2PS. The molecule has 3 heterocycles. The van der Waals surface area contributed by atoms with Crippen LogP contribution in [-0.2, 0) is 28.9 Å². The van der Waals surface area contributed by atoms with E-state index in [1.165, 1.54) is 17.3 Å². The molecule has 0 amide bonds. The molecule has 1 fully saturated rings. The second kappa shape index (κ2) is 10.5. The number of aromatic nitrogens is 2. The van der Waals surface area contributed by atoms with Crippen LogP contribution in [0.2, 0.25) is 0 Å². The van der Waals surface area contributed by atoms with Crippen LogP contribution in [-0.4, -0.2) is 51.0 Å². The third-order valence-electron chi connectivity index (χ3n) is 6.59. The number of nitrogens with zero attached hydrogens (tertiary/aromatic N) is 4. The fraction of sp³-hybridized carbons (Fsp3) is 0.565. The Morgan fingerprint density at radius 1 is 1.18 bits per heavy atom. The zero-order valence-corrected chi connectivity index (χ0v) is 21.3. The molecule has 0 aliphatic carbocycles. The Bertz CT molecular complexity index is 1040. The van der Waals surface area contributed by atoms with Gasteiger partial charge in [-0.1, -0.05) is 14.5 Å². The molecule has 6 nitrogen and oxygen atoms in total. The highest BCUT2D eigenvalue weighted by molar-refractivity contribution is 8.43. The predicted octanol–water partition coefficient (Wildman–Crippen LogP) is 4.28. The number of piperidine rings is 1. The van der Waals surface area contributed by atoms with Crippen LogP contribution >= 0.6 is 8.44 Å². The van der Waals surface area contributed by atoms with Gasteiger partial charge in [0.15, 0.2) is 0 Å². The third kappa shape index (κ3) is 6.46. The van der Waals surface area contributed by atoms with Crippen LogP contribution in [0.5, 0.6) is 5.75 Å². The first-order valence-corrected chi connectivity index (χ1v) is 15.3. The standard InChI is InChI=1S/C23H32F3N4O2PS/c1-34(31,33)30-13-9-18-15-20(5-4-19(18)16-30)32-14-2-3-17-7-11-29(12-8-17)22-27-10-6-21(28-22)23(24,25)26/h4-6,10,15,17,34H,2-3,7-9,11-14,16,33H2,1H3. The fourth-order valence-corrected chi connectivity index (χ4v) is 6.11. The summed E-state index contributed by atoms with van der Waals surface area (Å²) < 4.78 is 59.0. The molecule has 34 heavy (non-hydrogen) atoms. The molecule has 11 heteroatoms. The molecule has 0 saturated carbocycles. The summed E-state index contributed by atoms with van der Waals surface area (Å²) in [5, 5.41) is 0. The summed E-state index contributed by atoms with van der Waals surface area (Å²) in [7, 11) is 0.172. The van der Waals surface area contributed by atoms with Crippen LogP contribution < -0.4 is 9.64 Å². The van der Waals surface area contributed by atoms with Gasteiger partial charge in [0.1, 0.15) is 11.4 Å². The highest BCUT2D eigenvalue weighted by atomic mass is 32.8. The molecule has 188 valence electrons. The van der Waals surface area contributed by atoms with E-state index >= 15 is 0 Å². The fourth-order valence-electron chi connectivity index (χ4n) is 4.59. The van der Waals surface area contributed by atoms with Crippen molar-refractivity contribution in [1.29, 1.82) is 0 Å². The quantitative estimate of drug-likeness (QED) is 0.338. The number of ether oxygens (including phenoxy) is 1. The molecular weight excluding hydrogens is 484 g/mol. The zero-order valence-electron chi connectivity index (χ0n) is 19.3. The van der Waals surface area contributed by atoms with Crippen LogP contribution in [0, 0.1) is 5.92 Å². The Kier molecular flexibility index (Phi) is 7.79. The van der Waals surface area contributed by atoms with E-state index < -0.39 is 21.6 Å².